The van der Waals surface area contributed by atoms with Gasteiger partial charge in [0.2, 0.25) is 5.91 Å². The Kier molecular flexibility index (Phi) is 5.55. The molecule has 7 nitrogen and oxygen atoms in total. The zero-order chi connectivity index (χ0) is 18.5. The van der Waals surface area contributed by atoms with Gasteiger partial charge in [-0.15, -0.1) is 0 Å². The molecule has 0 aliphatic carbocycles. The van der Waals surface area contributed by atoms with Crippen molar-refractivity contribution in [2.24, 2.45) is 5.92 Å². The number of hydrogen-bond donors (Lipinski definition) is 2. The van der Waals surface area contributed by atoms with E-state index in [-0.39, 0.29) is 23.4 Å². The molecule has 1 unspecified atom stereocenters. The van der Waals surface area contributed by atoms with Crippen LogP contribution < -0.4 is 20.5 Å². The average Bonchev–Trinajstić information content (AvgIpc) is 2.68. The molecule has 0 spiro atoms. The molecular formula is C19H24N4O3. The zero-order valence-corrected chi connectivity index (χ0v) is 15.1. The fourth-order valence-electron chi connectivity index (χ4n) is 3.26. The summed E-state index contributed by atoms with van der Waals surface area (Å²) in [5, 5.41) is 9.31. The van der Waals surface area contributed by atoms with Crippen LogP contribution in [-0.2, 0) is 4.79 Å². The van der Waals surface area contributed by atoms with Gasteiger partial charge >= 0.3 is 0 Å². The molecule has 2 aromatic rings. The van der Waals surface area contributed by atoms with Crippen molar-refractivity contribution in [2.75, 3.05) is 25.1 Å². The molecule has 7 heteroatoms. The van der Waals surface area contributed by atoms with E-state index < -0.39 is 0 Å². The van der Waals surface area contributed by atoms with Crippen molar-refractivity contribution in [1.82, 2.24) is 15.5 Å². The highest BCUT2D eigenvalue weighted by Crippen LogP contribution is 2.24. The van der Waals surface area contributed by atoms with E-state index in [1.54, 1.807) is 13.3 Å². The monoisotopic (exact) mass is 356 g/mol. The first kappa shape index (κ1) is 18.0. The molecule has 0 radical (unpaired) electrons. The summed E-state index contributed by atoms with van der Waals surface area (Å²) in [6.07, 6.45) is 3.15. The second-order valence-electron chi connectivity index (χ2n) is 6.57. The molecule has 1 aromatic carbocycles. The molecule has 26 heavy (non-hydrogen) atoms. The van der Waals surface area contributed by atoms with Crippen molar-refractivity contribution in [1.29, 1.82) is 0 Å². The normalized spacial score (nSPS) is 16.2. The van der Waals surface area contributed by atoms with Gasteiger partial charge in [-0.1, -0.05) is 12.1 Å². The summed E-state index contributed by atoms with van der Waals surface area (Å²) >= 11 is 0. The van der Waals surface area contributed by atoms with Gasteiger partial charge in [0.05, 0.1) is 25.0 Å². The molecule has 1 saturated heterocycles. The lowest BCUT2D eigenvalue weighted by Crippen LogP contribution is -2.41. The number of hydrogen-bond acceptors (Lipinski definition) is 5. The highest BCUT2D eigenvalue weighted by atomic mass is 16.5. The van der Waals surface area contributed by atoms with Gasteiger partial charge in [-0.2, -0.15) is 5.10 Å². The summed E-state index contributed by atoms with van der Waals surface area (Å²) in [5.41, 5.74) is 1.61. The molecule has 0 saturated carbocycles. The van der Waals surface area contributed by atoms with Crippen molar-refractivity contribution < 1.29 is 9.53 Å². The number of aromatic nitrogens is 2. The zero-order valence-electron chi connectivity index (χ0n) is 15.1. The van der Waals surface area contributed by atoms with Crippen molar-refractivity contribution >= 4 is 11.6 Å². The van der Waals surface area contributed by atoms with Gasteiger partial charge < -0.3 is 15.0 Å². The Morgan fingerprint density at radius 2 is 2.12 bits per heavy atom. The molecule has 0 bridgehead atoms. The van der Waals surface area contributed by atoms with E-state index in [0.29, 0.717) is 0 Å². The van der Waals surface area contributed by atoms with Crippen molar-refractivity contribution in [3.8, 4) is 5.75 Å². The number of H-pyrrole nitrogens is 1. The number of nitrogens with zero attached hydrogens (tertiary/aromatic N) is 2. The minimum atomic E-state index is -0.213. The highest BCUT2D eigenvalue weighted by molar-refractivity contribution is 5.79. The number of carbonyl (C=O) groups is 1. The van der Waals surface area contributed by atoms with E-state index in [1.165, 1.54) is 6.07 Å². The van der Waals surface area contributed by atoms with Gasteiger partial charge in [0.25, 0.3) is 5.56 Å². The maximum atomic E-state index is 12.6. The van der Waals surface area contributed by atoms with Crippen LogP contribution in [0.15, 0.2) is 41.3 Å². The minimum Gasteiger partial charge on any atom is -0.497 e. The summed E-state index contributed by atoms with van der Waals surface area (Å²) < 4.78 is 5.24. The van der Waals surface area contributed by atoms with Crippen LogP contribution in [0.1, 0.15) is 31.4 Å². The van der Waals surface area contributed by atoms with Crippen LogP contribution in [0.2, 0.25) is 0 Å². The van der Waals surface area contributed by atoms with Crippen LogP contribution in [0.25, 0.3) is 0 Å². The van der Waals surface area contributed by atoms with Crippen molar-refractivity contribution in [3.63, 3.8) is 0 Å². The Bertz CT molecular complexity index is 812. The number of piperidine rings is 1. The summed E-state index contributed by atoms with van der Waals surface area (Å²) in [5.74, 6) is 0.835. The van der Waals surface area contributed by atoms with E-state index >= 15 is 0 Å². The molecule has 1 aromatic heterocycles. The summed E-state index contributed by atoms with van der Waals surface area (Å²) in [6, 6.07) is 9.19. The number of benzene rings is 1. The first-order chi connectivity index (χ1) is 12.6. The van der Waals surface area contributed by atoms with E-state index in [0.717, 1.165) is 42.9 Å². The number of aromatic amines is 1. The topological polar surface area (TPSA) is 87.3 Å². The smallest absolute Gasteiger partial charge is 0.266 e. The molecule has 138 valence electrons. The van der Waals surface area contributed by atoms with E-state index in [9.17, 15) is 9.59 Å². The largest absolute Gasteiger partial charge is 0.497 e. The SMILES string of the molecule is COc1cccc(C(C)NC(=O)C2CCN(c3cn[nH]c(=O)c3)CC2)c1. The molecule has 1 atom stereocenters. The number of ether oxygens (including phenoxy) is 1. The standard InChI is InChI=1S/C19H24N4O3/c1-13(15-4-3-5-17(10-15)26-2)21-19(25)14-6-8-23(9-7-14)16-11-18(24)22-20-12-16/h3-5,10-14H,6-9H2,1-2H3,(H,21,25)(H,22,24). The molecule has 3 rings (SSSR count). The van der Waals surface area contributed by atoms with E-state index in [2.05, 4.69) is 20.4 Å². The minimum absolute atomic E-state index is 0.0192. The first-order valence-electron chi connectivity index (χ1n) is 8.81. The van der Waals surface area contributed by atoms with E-state index in [1.807, 2.05) is 31.2 Å². The molecule has 2 heterocycles. The first-order valence-corrected chi connectivity index (χ1v) is 8.81. The predicted octanol–water partition coefficient (Wildman–Crippen LogP) is 1.87. The third-order valence-corrected chi connectivity index (χ3v) is 4.83. The molecule has 1 amide bonds. The van der Waals surface area contributed by atoms with Crippen molar-refractivity contribution in [3.05, 3.63) is 52.4 Å². The predicted molar refractivity (Wildman–Crippen MR) is 99.3 cm³/mol. The molecule has 2 N–H and O–H groups in total. The van der Waals surface area contributed by atoms with Crippen LogP contribution >= 0.6 is 0 Å². The second kappa shape index (κ2) is 8.03. The number of carbonyl (C=O) groups excluding carboxylic acids is 1. The summed E-state index contributed by atoms with van der Waals surface area (Å²) in [4.78, 5) is 26.1. The summed E-state index contributed by atoms with van der Waals surface area (Å²) in [7, 11) is 1.63. The van der Waals surface area contributed by atoms with Crippen LogP contribution in [-0.4, -0.2) is 36.3 Å². The highest BCUT2D eigenvalue weighted by Gasteiger charge is 2.26. The number of rotatable bonds is 5. The summed E-state index contributed by atoms with van der Waals surface area (Å²) in [6.45, 7) is 3.44. The lowest BCUT2D eigenvalue weighted by atomic mass is 9.95. The van der Waals surface area contributed by atoms with Gasteiger partial charge in [0.1, 0.15) is 5.75 Å². The lowest BCUT2D eigenvalue weighted by molar-refractivity contribution is -0.126. The number of anilines is 1. The Balaban J connectivity index is 1.55. The fourth-order valence-corrected chi connectivity index (χ4v) is 3.26. The van der Waals surface area contributed by atoms with Crippen LogP contribution in [0.3, 0.4) is 0 Å². The van der Waals surface area contributed by atoms with Gasteiger partial charge in [-0.25, -0.2) is 5.10 Å². The third-order valence-electron chi connectivity index (χ3n) is 4.83. The van der Waals surface area contributed by atoms with Gasteiger partial charge in [0.15, 0.2) is 0 Å². The molecular weight excluding hydrogens is 332 g/mol. The van der Waals surface area contributed by atoms with E-state index in [4.69, 9.17) is 4.74 Å². The Morgan fingerprint density at radius 3 is 2.81 bits per heavy atom. The Labute approximate surface area is 152 Å². The number of nitrogens with one attached hydrogen (secondary N) is 2. The molecule has 1 aliphatic rings. The van der Waals surface area contributed by atoms with Crippen LogP contribution in [0, 0.1) is 5.92 Å². The number of methoxy groups -OCH3 is 1. The Hall–Kier alpha value is -2.83. The maximum Gasteiger partial charge on any atom is 0.266 e. The number of amides is 1. The second-order valence-corrected chi connectivity index (χ2v) is 6.57. The van der Waals surface area contributed by atoms with Gasteiger partial charge in [0, 0.05) is 25.1 Å². The lowest BCUT2D eigenvalue weighted by Gasteiger charge is -2.33. The maximum absolute atomic E-state index is 12.6. The Morgan fingerprint density at radius 1 is 1.35 bits per heavy atom. The fraction of sp³-hybridized carbons (Fsp3) is 0.421. The van der Waals surface area contributed by atoms with Gasteiger partial charge in [-0.05, 0) is 37.5 Å². The third kappa shape index (κ3) is 4.22. The van der Waals surface area contributed by atoms with Gasteiger partial charge in [-0.3, -0.25) is 9.59 Å². The molecule has 1 fully saturated rings. The molecule has 1 aliphatic heterocycles. The van der Waals surface area contributed by atoms with Crippen LogP contribution in [0.5, 0.6) is 5.75 Å². The average molecular weight is 356 g/mol. The van der Waals surface area contributed by atoms with Crippen LogP contribution in [0.4, 0.5) is 5.69 Å². The quantitative estimate of drug-likeness (QED) is 0.854. The van der Waals surface area contributed by atoms with Crippen molar-refractivity contribution in [2.45, 2.75) is 25.8 Å².